The van der Waals surface area contributed by atoms with Crippen LogP contribution in [0.1, 0.15) is 0 Å². The molecule has 10 nitrogen and oxygen atoms in total. The van der Waals surface area contributed by atoms with Crippen LogP contribution >= 0.6 is 22.7 Å². The van der Waals surface area contributed by atoms with E-state index in [1.807, 2.05) is 22.7 Å². The molecule has 0 N–H and O–H groups in total. The van der Waals surface area contributed by atoms with Crippen molar-refractivity contribution in [2.45, 2.75) is 0 Å². The van der Waals surface area contributed by atoms with Gasteiger partial charge in [-0.3, -0.25) is 0 Å². The molecule has 0 aliphatic rings. The third kappa shape index (κ3) is 10.6. The van der Waals surface area contributed by atoms with Gasteiger partial charge in [0, 0.05) is 184 Å². The van der Waals surface area contributed by atoms with Gasteiger partial charge in [-0.15, -0.1) is 22.7 Å². The largest absolute Gasteiger partial charge is 0.456 e. The number of hydrogen-bond acceptors (Lipinski definition) is 9. The zero-order valence-corrected chi connectivity index (χ0v) is 75.3. The van der Waals surface area contributed by atoms with Gasteiger partial charge in [-0.1, -0.05) is 182 Å². The summed E-state index contributed by atoms with van der Waals surface area (Å²) < 4.78 is 38.7. The van der Waals surface area contributed by atoms with Gasteiger partial charge in [0.05, 0.1) is 33.1 Å². The fraction of sp³-hybridized carbons (Fsp3) is 0. The summed E-state index contributed by atoms with van der Waals surface area (Å²) in [6.45, 7) is 0. The van der Waals surface area contributed by atoms with E-state index in [1.54, 1.807) is 0 Å². The van der Waals surface area contributed by atoms with Gasteiger partial charge in [0.25, 0.3) is 0 Å². The smallest absolute Gasteiger partial charge is 0.136 e. The van der Waals surface area contributed by atoms with Crippen LogP contribution in [0.25, 0.3) is 243 Å². The van der Waals surface area contributed by atoms with E-state index in [0.29, 0.717) is 0 Å². The van der Waals surface area contributed by atoms with E-state index in [1.165, 1.54) is 159 Å². The lowest BCUT2D eigenvalue weighted by molar-refractivity contribution is 0.669. The van der Waals surface area contributed by atoms with E-state index in [-0.39, 0.29) is 0 Å². The summed E-state index contributed by atoms with van der Waals surface area (Å²) in [5.74, 6) is 0. The molecule has 0 amide bonds. The fourth-order valence-electron chi connectivity index (χ4n) is 23.7. The van der Waals surface area contributed by atoms with E-state index < -0.39 is 0 Å². The Morgan fingerprint density at radius 2 is 0.348 bits per heavy atom. The zero-order valence-electron chi connectivity index (χ0n) is 73.7. The van der Waals surface area contributed by atoms with Crippen LogP contribution in [0.3, 0.4) is 0 Å². The minimum Gasteiger partial charge on any atom is -0.456 e. The molecule has 642 valence electrons. The van der Waals surface area contributed by atoms with Crippen LogP contribution < -0.4 is 14.7 Å². The van der Waals surface area contributed by atoms with Crippen molar-refractivity contribution in [2.75, 3.05) is 14.7 Å². The van der Waals surface area contributed by atoms with Gasteiger partial charge in [-0.25, -0.2) is 0 Å². The Morgan fingerprint density at radius 1 is 0.138 bits per heavy atom. The fourth-order valence-corrected chi connectivity index (χ4v) is 25.9. The first-order valence-corrected chi connectivity index (χ1v) is 48.5. The number of fused-ring (bicyclic) bond motifs is 3. The standard InChI is InChI=1S/C42H24N2O2.2C42H24N2OS/c1-3-9-25(10-4-1)43(26-11-5-2-6-12-26)27-17-19-28(20-18-27)44-31-21-23-35-41-37-29(13-7-15-33(37)45-35)30-14-8-16-34-38(30)42-36(46-34)24-22-32(44)40(42)39(31)41;1-3-9-25(10-4-1)43(26-11-5-2-6-12-26)27-17-19-28(20-18-27)44-31-15-7-13-29-30-14-8-16-33-38(30)40-34(45-33)22-24-36-42(40)41-35(46-36)23-21-32(44)39(41)37(29)31;1-3-9-25(10-4-1)43(26-11-5-2-6-12-26)27-17-19-28(20-18-27)44-31-15-7-13-29-30-14-8-16-35-38(30)42-36(46-35)24-23-34-41(42)40-33(45-34)22-21-32(44)39(40)37(29)31/h3*1-24H. The normalized spacial score (nSPS) is 12.3. The molecule has 0 radical (unpaired) electrons. The predicted molar refractivity (Wildman–Crippen MR) is 581 cm³/mol. The molecule has 0 aliphatic carbocycles. The molecule has 138 heavy (non-hydrogen) atoms. The average molecular weight is 1800 g/mol. The lowest BCUT2D eigenvalue weighted by atomic mass is 9.95. The highest BCUT2D eigenvalue weighted by atomic mass is 32.1. The summed E-state index contributed by atoms with van der Waals surface area (Å²) in [6.07, 6.45) is 0. The van der Waals surface area contributed by atoms with Crippen LogP contribution in [0.5, 0.6) is 0 Å². The summed E-state index contributed by atoms with van der Waals surface area (Å²) in [5, 5.41) is 29.9. The van der Waals surface area contributed by atoms with Crippen LogP contribution in [0.15, 0.2) is 454 Å². The molecule has 12 heteroatoms. The Labute approximate surface area is 793 Å². The second-order valence-corrected chi connectivity index (χ2v) is 38.4. The van der Waals surface area contributed by atoms with Gasteiger partial charge in [0.2, 0.25) is 0 Å². The van der Waals surface area contributed by atoms with Gasteiger partial charge in [0.15, 0.2) is 0 Å². The van der Waals surface area contributed by atoms with Gasteiger partial charge in [0.1, 0.15) is 44.7 Å². The SMILES string of the molecule is c1ccc(N(c2ccccc2)c2ccc(-n3c4ccc5oc6cccc7c8cccc9oc%10ccc3c(c%10c98)c4c5c67)cc2)cc1.c1ccc(N(c2ccccc2)c2ccc(-n3c4cccc5c6cccc7oc8ccc9sc%10ccc3c(c%10c9c8c76)c54)cc2)cc1.c1ccc(N(c2ccccc2)c2ccc(-n3c4cccc5c6cccc7sc8ccc9oc%10ccc3c(c%10c9c8c76)c54)cc2)cc1. The van der Waals surface area contributed by atoms with E-state index in [4.69, 9.17) is 17.7 Å². The van der Waals surface area contributed by atoms with E-state index in [2.05, 4.69) is 465 Å². The molecule has 0 saturated carbocycles. The highest BCUT2D eigenvalue weighted by molar-refractivity contribution is 7.26. The molecule has 0 spiro atoms. The molecule has 9 aromatic heterocycles. The van der Waals surface area contributed by atoms with E-state index in [0.717, 1.165) is 135 Å². The van der Waals surface area contributed by atoms with Gasteiger partial charge < -0.3 is 46.1 Å². The average Bonchev–Trinajstić information content (AvgIpc) is 1.53. The summed E-state index contributed by atoms with van der Waals surface area (Å²) in [7, 11) is 0. The van der Waals surface area contributed by atoms with Crippen molar-refractivity contribution in [2.24, 2.45) is 0 Å². The number of nitrogens with zero attached hydrogens (tertiary/aromatic N) is 6. The van der Waals surface area contributed by atoms with Crippen LogP contribution in [0.2, 0.25) is 0 Å². The molecular weight excluding hydrogens is 1730 g/mol. The summed E-state index contributed by atoms with van der Waals surface area (Å²) in [4.78, 5) is 6.91. The highest BCUT2D eigenvalue weighted by Gasteiger charge is 2.32. The summed E-state index contributed by atoms with van der Waals surface area (Å²) in [6, 6.07) is 156. The topological polar surface area (TPSA) is 77.1 Å². The number of rotatable bonds is 12. The van der Waals surface area contributed by atoms with Crippen molar-refractivity contribution < 1.29 is 17.7 Å². The molecule has 9 heterocycles. The van der Waals surface area contributed by atoms with Crippen molar-refractivity contribution in [1.82, 2.24) is 13.7 Å². The van der Waals surface area contributed by atoms with Crippen LogP contribution in [0.4, 0.5) is 51.2 Å². The van der Waals surface area contributed by atoms with Crippen LogP contribution in [-0.2, 0) is 0 Å². The maximum atomic E-state index is 6.59. The number of benzene rings is 21. The first-order chi connectivity index (χ1) is 68.5. The Hall–Kier alpha value is -17.9. The van der Waals surface area contributed by atoms with Crippen molar-refractivity contribution in [1.29, 1.82) is 0 Å². The molecule has 33 rings (SSSR count). The zero-order chi connectivity index (χ0) is 89.8. The lowest BCUT2D eigenvalue weighted by Gasteiger charge is -2.25. The van der Waals surface area contributed by atoms with Gasteiger partial charge >= 0.3 is 0 Å². The molecular formula is C126H72N6O4S2. The van der Waals surface area contributed by atoms with Gasteiger partial charge in [-0.2, -0.15) is 0 Å². The third-order valence-electron chi connectivity index (χ3n) is 29.1. The number of anilines is 9. The third-order valence-corrected chi connectivity index (χ3v) is 31.3. The molecule has 0 unspecified atom stereocenters. The van der Waals surface area contributed by atoms with Crippen molar-refractivity contribution in [3.8, 4) is 17.1 Å². The maximum absolute atomic E-state index is 6.59. The molecule has 24 aromatic carbocycles. The quantitative estimate of drug-likeness (QED) is 0.121. The minimum absolute atomic E-state index is 0.904. The maximum Gasteiger partial charge on any atom is 0.136 e. The lowest BCUT2D eigenvalue weighted by Crippen LogP contribution is -2.09. The highest BCUT2D eigenvalue weighted by Crippen LogP contribution is 2.57. The number of furan rings is 4. The first kappa shape index (κ1) is 75.6. The molecule has 0 atom stereocenters. The Balaban J connectivity index is 0.0000000959. The summed E-state index contributed by atoms with van der Waals surface area (Å²) in [5.41, 5.74) is 28.0. The van der Waals surface area contributed by atoms with Crippen LogP contribution in [-0.4, -0.2) is 13.7 Å². The van der Waals surface area contributed by atoms with Gasteiger partial charge in [-0.05, 0) is 287 Å². The predicted octanol–water partition coefficient (Wildman–Crippen LogP) is 37.2. The molecule has 0 fully saturated rings. The second-order valence-electron chi connectivity index (χ2n) is 36.3. The van der Waals surface area contributed by atoms with E-state index in [9.17, 15) is 0 Å². The first-order valence-electron chi connectivity index (χ1n) is 46.8. The molecule has 0 bridgehead atoms. The van der Waals surface area contributed by atoms with Crippen molar-refractivity contribution in [3.63, 3.8) is 0 Å². The molecule has 0 saturated heterocycles. The molecule has 0 aliphatic heterocycles. The van der Waals surface area contributed by atoms with E-state index >= 15 is 0 Å². The van der Waals surface area contributed by atoms with Crippen molar-refractivity contribution >= 4 is 300 Å². The Morgan fingerprint density at radius 3 is 0.688 bits per heavy atom. The Bertz CT molecular complexity index is 9950. The minimum atomic E-state index is 0.904. The van der Waals surface area contributed by atoms with Crippen molar-refractivity contribution in [3.05, 3.63) is 437 Å². The molecule has 33 aromatic rings. The second kappa shape index (κ2) is 28.8. The summed E-state index contributed by atoms with van der Waals surface area (Å²) >= 11 is 3.76. The Kier molecular flexibility index (Phi) is 15.8. The monoisotopic (exact) mass is 1800 g/mol. The number of hydrogen-bond donors (Lipinski definition) is 0. The number of aromatic nitrogens is 3. The number of thiophene rings is 2. The van der Waals surface area contributed by atoms with Crippen LogP contribution in [0, 0.1) is 0 Å². The number of para-hydroxylation sites is 6.